The van der Waals surface area contributed by atoms with E-state index in [4.69, 9.17) is 5.73 Å². The van der Waals surface area contributed by atoms with Crippen molar-refractivity contribution in [2.45, 2.75) is 13.8 Å². The topological polar surface area (TPSA) is 67.2 Å². The van der Waals surface area contributed by atoms with Crippen LogP contribution in [-0.2, 0) is 0 Å². The highest BCUT2D eigenvalue weighted by atomic mass is 79.9. The molecule has 0 fully saturated rings. The highest BCUT2D eigenvalue weighted by Crippen LogP contribution is 2.28. The van der Waals surface area contributed by atoms with E-state index < -0.39 is 0 Å². The lowest BCUT2D eigenvalue weighted by molar-refractivity contribution is 0.262. The summed E-state index contributed by atoms with van der Waals surface area (Å²) in [7, 11) is 0. The van der Waals surface area contributed by atoms with Gasteiger partial charge in [0.1, 0.15) is 0 Å². The maximum Gasteiger partial charge on any atom is 0.323 e. The molecule has 4 N–H and O–H groups in total. The number of nitrogens with one attached hydrogen (secondary N) is 2. The van der Waals surface area contributed by atoms with Crippen LogP contribution in [0, 0.1) is 13.8 Å². The summed E-state index contributed by atoms with van der Waals surface area (Å²) in [4.78, 5) is 12.0. The van der Waals surface area contributed by atoms with Crippen LogP contribution in [0.15, 0.2) is 40.9 Å². The molecule has 0 saturated carbocycles. The summed E-state index contributed by atoms with van der Waals surface area (Å²) >= 11 is 3.46. The van der Waals surface area contributed by atoms with Crippen molar-refractivity contribution in [3.05, 3.63) is 52.0 Å². The first-order valence-electron chi connectivity index (χ1n) is 6.16. The fraction of sp³-hybridized carbons (Fsp3) is 0.133. The third-order valence-electron chi connectivity index (χ3n) is 2.81. The van der Waals surface area contributed by atoms with Gasteiger partial charge in [0.15, 0.2) is 0 Å². The van der Waals surface area contributed by atoms with Gasteiger partial charge in [-0.15, -0.1) is 0 Å². The molecule has 2 aromatic rings. The van der Waals surface area contributed by atoms with E-state index >= 15 is 0 Å². The van der Waals surface area contributed by atoms with E-state index in [1.54, 1.807) is 24.3 Å². The minimum absolute atomic E-state index is 0.303. The molecule has 2 amide bonds. The number of anilines is 3. The van der Waals surface area contributed by atoms with Crippen molar-refractivity contribution in [2.24, 2.45) is 0 Å². The summed E-state index contributed by atoms with van der Waals surface area (Å²) in [6.07, 6.45) is 0. The second-order valence-corrected chi connectivity index (χ2v) is 5.50. The van der Waals surface area contributed by atoms with Gasteiger partial charge in [0.25, 0.3) is 0 Å². The zero-order chi connectivity index (χ0) is 14.7. The zero-order valence-corrected chi connectivity index (χ0v) is 12.9. The molecule has 0 unspecified atom stereocenters. The Labute approximate surface area is 126 Å². The van der Waals surface area contributed by atoms with Gasteiger partial charge in [0.2, 0.25) is 0 Å². The van der Waals surface area contributed by atoms with Crippen molar-refractivity contribution < 1.29 is 4.79 Å². The minimum atomic E-state index is -0.303. The van der Waals surface area contributed by atoms with E-state index in [2.05, 4.69) is 26.6 Å². The van der Waals surface area contributed by atoms with Crippen molar-refractivity contribution in [3.8, 4) is 0 Å². The molecule has 0 bridgehead atoms. The molecule has 20 heavy (non-hydrogen) atoms. The Balaban J connectivity index is 2.13. The lowest BCUT2D eigenvalue weighted by Crippen LogP contribution is -2.20. The number of amides is 2. The Bertz CT molecular complexity index is 632. The van der Waals surface area contributed by atoms with E-state index in [-0.39, 0.29) is 6.03 Å². The van der Waals surface area contributed by atoms with E-state index in [1.165, 1.54) is 0 Å². The van der Waals surface area contributed by atoms with Gasteiger partial charge in [-0.25, -0.2) is 4.79 Å². The molecule has 0 atom stereocenters. The molecule has 104 valence electrons. The molecular formula is C15H16BrN3O. The lowest BCUT2D eigenvalue weighted by atomic mass is 10.1. The van der Waals surface area contributed by atoms with Crippen LogP contribution in [0.4, 0.5) is 21.9 Å². The predicted molar refractivity (Wildman–Crippen MR) is 87.1 cm³/mol. The first-order valence-corrected chi connectivity index (χ1v) is 6.95. The smallest absolute Gasteiger partial charge is 0.323 e. The van der Waals surface area contributed by atoms with Crippen molar-refractivity contribution in [1.82, 2.24) is 0 Å². The summed E-state index contributed by atoms with van der Waals surface area (Å²) in [5.74, 6) is 0. The Morgan fingerprint density at radius 2 is 1.90 bits per heavy atom. The van der Waals surface area contributed by atoms with Crippen molar-refractivity contribution >= 4 is 39.0 Å². The molecule has 0 aliphatic carbocycles. The average Bonchev–Trinajstić information content (AvgIpc) is 2.33. The van der Waals surface area contributed by atoms with E-state index in [1.807, 2.05) is 26.0 Å². The second kappa shape index (κ2) is 5.96. The summed E-state index contributed by atoms with van der Waals surface area (Å²) in [5.41, 5.74) is 9.83. The van der Waals surface area contributed by atoms with Gasteiger partial charge >= 0.3 is 6.03 Å². The summed E-state index contributed by atoms with van der Waals surface area (Å²) in [6, 6.07) is 10.7. The maximum absolute atomic E-state index is 12.0. The van der Waals surface area contributed by atoms with Crippen molar-refractivity contribution in [3.63, 3.8) is 0 Å². The van der Waals surface area contributed by atoms with E-state index in [9.17, 15) is 4.79 Å². The van der Waals surface area contributed by atoms with E-state index in [0.717, 1.165) is 21.3 Å². The molecule has 4 nitrogen and oxygen atoms in total. The first-order chi connectivity index (χ1) is 9.45. The van der Waals surface area contributed by atoms with Crippen LogP contribution in [0.2, 0.25) is 0 Å². The normalized spacial score (nSPS) is 10.2. The Morgan fingerprint density at radius 3 is 2.55 bits per heavy atom. The lowest BCUT2D eigenvalue weighted by Gasteiger charge is -2.13. The first kappa shape index (κ1) is 14.4. The summed E-state index contributed by atoms with van der Waals surface area (Å²) in [5, 5.41) is 5.59. The molecular weight excluding hydrogens is 318 g/mol. The van der Waals surface area contributed by atoms with Gasteiger partial charge in [-0.3, -0.25) is 0 Å². The standard InChI is InChI=1S/C15H16BrN3O/c1-9-6-10(2)14(13(16)7-9)19-15(20)18-12-5-3-4-11(17)8-12/h3-8H,17H2,1-2H3,(H2,18,19,20). The maximum atomic E-state index is 12.0. The molecule has 0 radical (unpaired) electrons. The number of rotatable bonds is 2. The van der Waals surface area contributed by atoms with Crippen LogP contribution in [0.5, 0.6) is 0 Å². The molecule has 0 aliphatic heterocycles. The van der Waals surface area contributed by atoms with Crippen LogP contribution in [-0.4, -0.2) is 6.03 Å². The summed E-state index contributed by atoms with van der Waals surface area (Å²) in [6.45, 7) is 3.96. The monoisotopic (exact) mass is 333 g/mol. The van der Waals surface area contributed by atoms with Crippen LogP contribution in [0.3, 0.4) is 0 Å². The second-order valence-electron chi connectivity index (χ2n) is 4.64. The third-order valence-corrected chi connectivity index (χ3v) is 3.44. The average molecular weight is 334 g/mol. The largest absolute Gasteiger partial charge is 0.399 e. The molecule has 5 heteroatoms. The van der Waals surface area contributed by atoms with Gasteiger partial charge in [0, 0.05) is 15.8 Å². The van der Waals surface area contributed by atoms with Crippen molar-refractivity contribution in [2.75, 3.05) is 16.4 Å². The Hall–Kier alpha value is -2.01. The highest BCUT2D eigenvalue weighted by Gasteiger charge is 2.09. The molecule has 0 aromatic heterocycles. The molecule has 0 aliphatic rings. The Morgan fingerprint density at radius 1 is 1.15 bits per heavy atom. The number of nitrogen functional groups attached to an aromatic ring is 1. The number of benzene rings is 2. The third kappa shape index (κ3) is 3.51. The highest BCUT2D eigenvalue weighted by molar-refractivity contribution is 9.10. The number of carbonyl (C=O) groups is 1. The quantitative estimate of drug-likeness (QED) is 0.717. The van der Waals surface area contributed by atoms with E-state index in [0.29, 0.717) is 11.4 Å². The molecule has 2 rings (SSSR count). The summed E-state index contributed by atoms with van der Waals surface area (Å²) < 4.78 is 0.859. The van der Waals surface area contributed by atoms with Crippen LogP contribution in [0.25, 0.3) is 0 Å². The van der Waals surface area contributed by atoms with Crippen LogP contribution in [0.1, 0.15) is 11.1 Å². The van der Waals surface area contributed by atoms with Crippen LogP contribution < -0.4 is 16.4 Å². The number of urea groups is 1. The number of nitrogens with two attached hydrogens (primary N) is 1. The predicted octanol–water partition coefficient (Wildman–Crippen LogP) is 4.29. The zero-order valence-electron chi connectivity index (χ0n) is 11.3. The number of hydrogen-bond donors (Lipinski definition) is 3. The fourth-order valence-electron chi connectivity index (χ4n) is 1.97. The number of halogens is 1. The van der Waals surface area contributed by atoms with Gasteiger partial charge in [-0.2, -0.15) is 0 Å². The number of aryl methyl sites for hydroxylation is 2. The van der Waals surface area contributed by atoms with Gasteiger partial charge in [-0.1, -0.05) is 12.1 Å². The van der Waals surface area contributed by atoms with Crippen LogP contribution >= 0.6 is 15.9 Å². The molecule has 2 aromatic carbocycles. The van der Waals surface area contributed by atoms with Crippen molar-refractivity contribution in [1.29, 1.82) is 0 Å². The van der Waals surface area contributed by atoms with Gasteiger partial charge < -0.3 is 16.4 Å². The molecule has 0 spiro atoms. The number of hydrogen-bond acceptors (Lipinski definition) is 2. The van der Waals surface area contributed by atoms with Gasteiger partial charge in [0.05, 0.1) is 5.69 Å². The molecule has 0 saturated heterocycles. The Kier molecular flexibility index (Phi) is 4.29. The minimum Gasteiger partial charge on any atom is -0.399 e. The SMILES string of the molecule is Cc1cc(C)c(NC(=O)Nc2cccc(N)c2)c(Br)c1. The fourth-order valence-corrected chi connectivity index (χ4v) is 2.74. The van der Waals surface area contributed by atoms with Gasteiger partial charge in [-0.05, 0) is 65.2 Å². The number of carbonyl (C=O) groups excluding carboxylic acids is 1. The molecule has 0 heterocycles.